The van der Waals surface area contributed by atoms with Crippen LogP contribution in [-0.2, 0) is 16.0 Å². The van der Waals surface area contributed by atoms with E-state index in [2.05, 4.69) is 10.3 Å². The Morgan fingerprint density at radius 3 is 2.76 bits per heavy atom. The molecule has 2 unspecified atom stereocenters. The molecule has 0 bridgehead atoms. The van der Waals surface area contributed by atoms with Crippen molar-refractivity contribution in [1.29, 1.82) is 0 Å². The topological polar surface area (TPSA) is 84.5 Å². The number of amides is 1. The summed E-state index contributed by atoms with van der Waals surface area (Å²) in [5.41, 5.74) is 6.00. The molecule has 1 aromatic rings. The predicted octanol–water partition coefficient (Wildman–Crippen LogP) is 2.64. The summed E-state index contributed by atoms with van der Waals surface area (Å²) in [6, 6.07) is 4.01. The van der Waals surface area contributed by atoms with Gasteiger partial charge in [0.1, 0.15) is 5.82 Å². The van der Waals surface area contributed by atoms with Crippen molar-refractivity contribution in [2.45, 2.75) is 45.1 Å². The van der Waals surface area contributed by atoms with Crippen molar-refractivity contribution in [2.75, 3.05) is 6.54 Å². The third kappa shape index (κ3) is 5.81. The number of amidine groups is 1. The summed E-state index contributed by atoms with van der Waals surface area (Å²) in [5, 5.41) is 2.81. The van der Waals surface area contributed by atoms with Gasteiger partial charge < -0.3 is 11.1 Å². The van der Waals surface area contributed by atoms with E-state index < -0.39 is 17.5 Å². The van der Waals surface area contributed by atoms with Crippen LogP contribution < -0.4 is 11.1 Å². The Morgan fingerprint density at radius 1 is 1.36 bits per heavy atom. The molecule has 0 spiro atoms. The molecule has 7 heteroatoms. The molecule has 1 aromatic carbocycles. The van der Waals surface area contributed by atoms with Crippen LogP contribution in [0.4, 0.5) is 4.39 Å². The van der Waals surface area contributed by atoms with Crippen LogP contribution in [0.5, 0.6) is 0 Å². The molecule has 1 saturated carbocycles. The average Bonchev–Trinajstić information content (AvgIpc) is 2.57. The number of hydrogen-bond acceptors (Lipinski definition) is 3. The maximum atomic E-state index is 13.4. The highest BCUT2D eigenvalue weighted by molar-refractivity contribution is 6.36. The lowest BCUT2D eigenvalue weighted by Gasteiger charge is -2.31. The van der Waals surface area contributed by atoms with E-state index in [-0.39, 0.29) is 23.4 Å². The van der Waals surface area contributed by atoms with Crippen molar-refractivity contribution >= 4 is 29.1 Å². The molecule has 1 aliphatic carbocycles. The number of nitrogens with two attached hydrogens (primary N) is 1. The average molecular weight is 368 g/mol. The standard InChI is InChI=1S/C18H23ClFN3O2/c1-11(21)22-10-13-4-2-3-5-16(13)23-18(25)17(24)9-12-6-7-14(19)15(20)8-12/h6-8,13,16H,2-5,9-10H2,1H3,(H2,21,22)(H,23,25). The lowest BCUT2D eigenvalue weighted by atomic mass is 9.84. The van der Waals surface area contributed by atoms with Crippen LogP contribution >= 0.6 is 11.6 Å². The van der Waals surface area contributed by atoms with E-state index in [9.17, 15) is 14.0 Å². The molecule has 2 rings (SSSR count). The fourth-order valence-corrected chi connectivity index (χ4v) is 3.16. The minimum atomic E-state index is -0.638. The van der Waals surface area contributed by atoms with Crippen molar-refractivity contribution in [1.82, 2.24) is 5.32 Å². The second-order valence-corrected chi connectivity index (χ2v) is 6.86. The smallest absolute Gasteiger partial charge is 0.287 e. The van der Waals surface area contributed by atoms with Crippen LogP contribution in [0.25, 0.3) is 0 Å². The summed E-state index contributed by atoms with van der Waals surface area (Å²) in [6.45, 7) is 2.27. The molecule has 0 radical (unpaired) electrons. The molecule has 0 aromatic heterocycles. The number of carbonyl (C=O) groups is 2. The number of benzene rings is 1. The first kappa shape index (κ1) is 19.4. The Hall–Kier alpha value is -1.95. The van der Waals surface area contributed by atoms with Crippen molar-refractivity contribution in [3.63, 3.8) is 0 Å². The van der Waals surface area contributed by atoms with Gasteiger partial charge in [0.15, 0.2) is 0 Å². The monoisotopic (exact) mass is 367 g/mol. The van der Waals surface area contributed by atoms with Gasteiger partial charge in [-0.1, -0.05) is 30.5 Å². The first-order chi connectivity index (χ1) is 11.9. The van der Waals surface area contributed by atoms with Crippen LogP contribution in [0.15, 0.2) is 23.2 Å². The van der Waals surface area contributed by atoms with Crippen LogP contribution in [-0.4, -0.2) is 30.1 Å². The van der Waals surface area contributed by atoms with Crippen LogP contribution in [0, 0.1) is 11.7 Å². The zero-order valence-corrected chi connectivity index (χ0v) is 15.0. The summed E-state index contributed by atoms with van der Waals surface area (Å²) in [7, 11) is 0. The fraction of sp³-hybridized carbons (Fsp3) is 0.500. The van der Waals surface area contributed by atoms with E-state index >= 15 is 0 Å². The first-order valence-corrected chi connectivity index (χ1v) is 8.78. The van der Waals surface area contributed by atoms with E-state index in [0.29, 0.717) is 17.9 Å². The summed E-state index contributed by atoms with van der Waals surface area (Å²) >= 11 is 5.62. The maximum absolute atomic E-state index is 13.4. The predicted molar refractivity (Wildman–Crippen MR) is 96.2 cm³/mol. The molecule has 0 saturated heterocycles. The van der Waals surface area contributed by atoms with Gasteiger partial charge in [0.05, 0.1) is 10.9 Å². The molecule has 136 valence electrons. The van der Waals surface area contributed by atoms with Gasteiger partial charge in [-0.25, -0.2) is 4.39 Å². The Balaban J connectivity index is 1.95. The second kappa shape index (κ2) is 8.94. The van der Waals surface area contributed by atoms with Gasteiger partial charge in [-0.15, -0.1) is 0 Å². The number of ketones is 1. The van der Waals surface area contributed by atoms with Gasteiger partial charge in [-0.05, 0) is 43.4 Å². The van der Waals surface area contributed by atoms with Crippen molar-refractivity contribution in [3.8, 4) is 0 Å². The molecule has 1 fully saturated rings. The zero-order valence-electron chi connectivity index (χ0n) is 14.2. The molecule has 2 atom stereocenters. The Bertz CT molecular complexity index is 674. The molecular formula is C18H23ClFN3O2. The number of rotatable bonds is 6. The first-order valence-electron chi connectivity index (χ1n) is 8.41. The van der Waals surface area contributed by atoms with Gasteiger partial charge in [0, 0.05) is 19.0 Å². The number of halogens is 2. The highest BCUT2D eigenvalue weighted by atomic mass is 35.5. The molecule has 25 heavy (non-hydrogen) atoms. The van der Waals surface area contributed by atoms with Gasteiger partial charge >= 0.3 is 0 Å². The number of carbonyl (C=O) groups excluding carboxylic acids is 2. The maximum Gasteiger partial charge on any atom is 0.287 e. The number of Topliss-reactive ketones (excluding diaryl/α,β-unsaturated/α-hetero) is 1. The van der Waals surface area contributed by atoms with Crippen LogP contribution in [0.2, 0.25) is 5.02 Å². The quantitative estimate of drug-likeness (QED) is 0.460. The van der Waals surface area contributed by atoms with E-state index in [1.54, 1.807) is 13.0 Å². The fourth-order valence-electron chi connectivity index (χ4n) is 3.04. The van der Waals surface area contributed by atoms with E-state index in [1.165, 1.54) is 12.1 Å². The largest absolute Gasteiger partial charge is 0.388 e. The van der Waals surface area contributed by atoms with Gasteiger partial charge in [-0.3, -0.25) is 14.6 Å². The molecule has 0 aliphatic heterocycles. The highest BCUT2D eigenvalue weighted by Gasteiger charge is 2.28. The van der Waals surface area contributed by atoms with Crippen molar-refractivity contribution < 1.29 is 14.0 Å². The number of nitrogens with zero attached hydrogens (tertiary/aromatic N) is 1. The highest BCUT2D eigenvalue weighted by Crippen LogP contribution is 2.25. The summed E-state index contributed by atoms with van der Waals surface area (Å²) in [4.78, 5) is 28.6. The third-order valence-electron chi connectivity index (χ3n) is 4.40. The van der Waals surface area contributed by atoms with Crippen molar-refractivity contribution in [3.05, 3.63) is 34.6 Å². The Morgan fingerprint density at radius 2 is 2.08 bits per heavy atom. The minimum Gasteiger partial charge on any atom is -0.388 e. The molecule has 3 N–H and O–H groups in total. The second-order valence-electron chi connectivity index (χ2n) is 6.45. The molecule has 1 aliphatic rings. The van der Waals surface area contributed by atoms with Gasteiger partial charge in [0.2, 0.25) is 5.78 Å². The summed E-state index contributed by atoms with van der Waals surface area (Å²) < 4.78 is 13.4. The lowest BCUT2D eigenvalue weighted by molar-refractivity contribution is -0.138. The summed E-state index contributed by atoms with van der Waals surface area (Å²) in [6.07, 6.45) is 3.69. The molecule has 0 heterocycles. The van der Waals surface area contributed by atoms with E-state index in [1.807, 2.05) is 0 Å². The zero-order chi connectivity index (χ0) is 18.4. The lowest BCUT2D eigenvalue weighted by Crippen LogP contribution is -2.46. The van der Waals surface area contributed by atoms with Gasteiger partial charge in [0.25, 0.3) is 5.91 Å². The minimum absolute atomic E-state index is 0.0125. The number of nitrogens with one attached hydrogen (secondary N) is 1. The Kier molecular flexibility index (Phi) is 6.93. The Labute approximate surface area is 151 Å². The van der Waals surface area contributed by atoms with Crippen LogP contribution in [0.1, 0.15) is 38.2 Å². The number of hydrogen-bond donors (Lipinski definition) is 2. The van der Waals surface area contributed by atoms with E-state index in [0.717, 1.165) is 25.7 Å². The normalized spacial score (nSPS) is 21.0. The third-order valence-corrected chi connectivity index (χ3v) is 4.71. The molecule has 5 nitrogen and oxygen atoms in total. The van der Waals surface area contributed by atoms with E-state index in [4.69, 9.17) is 17.3 Å². The molecule has 1 amide bonds. The van der Waals surface area contributed by atoms with Gasteiger partial charge in [-0.2, -0.15) is 0 Å². The SMILES string of the molecule is CC(N)=NCC1CCCCC1NC(=O)C(=O)Cc1ccc(Cl)c(F)c1. The molecular weight excluding hydrogens is 345 g/mol. The number of aliphatic imine (C=N–C) groups is 1. The van der Waals surface area contributed by atoms with Crippen molar-refractivity contribution in [2.24, 2.45) is 16.6 Å². The summed E-state index contributed by atoms with van der Waals surface area (Å²) in [5.74, 6) is -1.14. The van der Waals surface area contributed by atoms with Crippen LogP contribution in [0.3, 0.4) is 0 Å².